The van der Waals surface area contributed by atoms with Crippen LogP contribution >= 0.6 is 11.3 Å². The van der Waals surface area contributed by atoms with Crippen molar-refractivity contribution in [3.05, 3.63) is 101 Å². The molecule has 1 unspecified atom stereocenters. The minimum atomic E-state index is -0.969. The molecule has 7 heteroatoms. The minimum absolute atomic E-state index is 0.426. The Morgan fingerprint density at radius 3 is 2.36 bits per heavy atom. The van der Waals surface area contributed by atoms with Gasteiger partial charge in [-0.15, -0.1) is 0 Å². The molecule has 2 heterocycles. The molecule has 0 saturated heterocycles. The number of fused-ring (bicyclic) bond motifs is 4. The van der Waals surface area contributed by atoms with Crippen molar-refractivity contribution in [2.75, 3.05) is 43.6 Å². The van der Waals surface area contributed by atoms with Crippen molar-refractivity contribution < 1.29 is 9.47 Å². The first-order valence-corrected chi connectivity index (χ1v) is 15.2. The van der Waals surface area contributed by atoms with Crippen molar-refractivity contribution >= 4 is 32.9 Å². The van der Waals surface area contributed by atoms with Gasteiger partial charge in [0.15, 0.2) is 10.7 Å². The highest BCUT2D eigenvalue weighted by atomic mass is 32.1. The van der Waals surface area contributed by atoms with Crippen LogP contribution < -0.4 is 19.3 Å². The van der Waals surface area contributed by atoms with Gasteiger partial charge in [0.2, 0.25) is 0 Å². The molecule has 1 aliphatic heterocycles. The van der Waals surface area contributed by atoms with Gasteiger partial charge in [-0.2, -0.15) is 5.26 Å². The Balaban J connectivity index is 1.69. The van der Waals surface area contributed by atoms with E-state index in [1.54, 1.807) is 18.4 Å². The first-order chi connectivity index (χ1) is 20.5. The van der Waals surface area contributed by atoms with Crippen LogP contribution in [-0.4, -0.2) is 38.8 Å². The molecule has 1 atom stereocenters. The number of rotatable bonds is 9. The second-order valence-electron chi connectivity index (χ2n) is 10.4. The van der Waals surface area contributed by atoms with Gasteiger partial charge < -0.3 is 19.3 Å². The Kier molecular flexibility index (Phi) is 7.49. The number of ether oxygens (including phenoxy) is 2. The summed E-state index contributed by atoms with van der Waals surface area (Å²) in [7, 11) is 3.68. The predicted molar refractivity (Wildman–Crippen MR) is 172 cm³/mol. The second kappa shape index (κ2) is 11.4. The zero-order chi connectivity index (χ0) is 29.3. The Labute approximate surface area is 251 Å². The fourth-order valence-corrected chi connectivity index (χ4v) is 7.18. The van der Waals surface area contributed by atoms with E-state index in [2.05, 4.69) is 84.3 Å². The minimum Gasteiger partial charge on any atom is -0.497 e. The SMILES string of the molecule is CCN(CC)c1ccc(C2(c3ccc(OC)cc3)Oc3ccccc3-c3nc(N(C)CCC#N)sc32)c2ccccc12. The number of aromatic nitrogens is 1. The molecule has 1 aliphatic rings. The van der Waals surface area contributed by atoms with Crippen LogP contribution in [0.2, 0.25) is 0 Å². The molecule has 0 amide bonds. The van der Waals surface area contributed by atoms with Crippen LogP contribution in [0.25, 0.3) is 22.0 Å². The van der Waals surface area contributed by atoms with Crippen LogP contribution in [0.1, 0.15) is 36.3 Å². The lowest BCUT2D eigenvalue weighted by Gasteiger charge is -2.40. The molecule has 0 N–H and O–H groups in total. The number of nitriles is 1. The van der Waals surface area contributed by atoms with E-state index in [1.165, 1.54) is 11.1 Å². The van der Waals surface area contributed by atoms with E-state index in [1.807, 2.05) is 37.4 Å². The standard InChI is InChI=1S/C35H34N4O2S/c1-5-39(6-2)30-21-20-29(26-12-7-8-13-27(26)30)35(24-16-18-25(40-4)19-17-24)33-32(28-14-9-10-15-31(28)41-35)37-34(42-33)38(3)23-11-22-36/h7-10,12-21H,5-6,11,23H2,1-4H3. The molecule has 0 fully saturated rings. The average Bonchev–Trinajstić information content (AvgIpc) is 3.51. The number of hydrogen-bond acceptors (Lipinski definition) is 7. The molecule has 0 aliphatic carbocycles. The van der Waals surface area contributed by atoms with Gasteiger partial charge in [-0.25, -0.2) is 4.98 Å². The monoisotopic (exact) mass is 574 g/mol. The molecular weight excluding hydrogens is 540 g/mol. The zero-order valence-corrected chi connectivity index (χ0v) is 25.2. The molecule has 212 valence electrons. The van der Waals surface area contributed by atoms with Gasteiger partial charge in [0.05, 0.1) is 30.2 Å². The van der Waals surface area contributed by atoms with Crippen molar-refractivity contribution in [3.63, 3.8) is 0 Å². The van der Waals surface area contributed by atoms with E-state index in [0.29, 0.717) is 13.0 Å². The van der Waals surface area contributed by atoms with Gasteiger partial charge in [0.1, 0.15) is 11.5 Å². The summed E-state index contributed by atoms with van der Waals surface area (Å²) in [6, 6.07) is 31.7. The summed E-state index contributed by atoms with van der Waals surface area (Å²) in [5, 5.41) is 12.4. The van der Waals surface area contributed by atoms with Crippen LogP contribution in [0, 0.1) is 11.3 Å². The smallest absolute Gasteiger partial charge is 0.196 e. The number of benzene rings is 4. The van der Waals surface area contributed by atoms with Gasteiger partial charge in [0.25, 0.3) is 0 Å². The van der Waals surface area contributed by atoms with Crippen LogP contribution in [0.3, 0.4) is 0 Å². The van der Waals surface area contributed by atoms with Gasteiger partial charge in [-0.05, 0) is 49.6 Å². The molecule has 0 radical (unpaired) electrons. The number of methoxy groups -OCH3 is 1. The molecule has 0 saturated carbocycles. The summed E-state index contributed by atoms with van der Waals surface area (Å²) < 4.78 is 12.8. The molecule has 0 spiro atoms. The molecule has 0 bridgehead atoms. The second-order valence-corrected chi connectivity index (χ2v) is 11.3. The summed E-state index contributed by atoms with van der Waals surface area (Å²) >= 11 is 1.63. The normalized spacial score (nSPS) is 15.3. The van der Waals surface area contributed by atoms with Crippen molar-refractivity contribution in [2.24, 2.45) is 0 Å². The maximum Gasteiger partial charge on any atom is 0.196 e. The molecule has 6 nitrogen and oxygen atoms in total. The van der Waals surface area contributed by atoms with Crippen molar-refractivity contribution in [3.8, 4) is 28.8 Å². The third-order valence-electron chi connectivity index (χ3n) is 8.11. The van der Waals surface area contributed by atoms with Gasteiger partial charge in [-0.1, -0.05) is 65.9 Å². The van der Waals surface area contributed by atoms with E-state index >= 15 is 0 Å². The highest BCUT2D eigenvalue weighted by Gasteiger charge is 2.48. The number of hydrogen-bond donors (Lipinski definition) is 0. The number of nitrogens with zero attached hydrogens (tertiary/aromatic N) is 4. The van der Waals surface area contributed by atoms with Gasteiger partial charge >= 0.3 is 0 Å². The maximum atomic E-state index is 9.25. The lowest BCUT2D eigenvalue weighted by Crippen LogP contribution is -2.38. The quantitative estimate of drug-likeness (QED) is 0.179. The lowest BCUT2D eigenvalue weighted by atomic mass is 9.79. The van der Waals surface area contributed by atoms with Crippen LogP contribution in [0.5, 0.6) is 11.5 Å². The molecule has 5 aromatic rings. The molecule has 1 aromatic heterocycles. The lowest BCUT2D eigenvalue weighted by molar-refractivity contribution is 0.157. The van der Waals surface area contributed by atoms with Gasteiger partial charge in [-0.3, -0.25) is 0 Å². The topological polar surface area (TPSA) is 61.6 Å². The molecule has 42 heavy (non-hydrogen) atoms. The summed E-state index contributed by atoms with van der Waals surface area (Å²) in [5.74, 6) is 1.57. The van der Waals surface area contributed by atoms with Crippen molar-refractivity contribution in [2.45, 2.75) is 25.9 Å². The molecule has 4 aromatic carbocycles. The largest absolute Gasteiger partial charge is 0.497 e. The summed E-state index contributed by atoms with van der Waals surface area (Å²) in [5.41, 5.74) is 4.18. The molecule has 6 rings (SSSR count). The predicted octanol–water partition coefficient (Wildman–Crippen LogP) is 7.85. The third-order valence-corrected chi connectivity index (χ3v) is 9.38. The maximum absolute atomic E-state index is 9.25. The van der Waals surface area contributed by atoms with E-state index in [9.17, 15) is 5.26 Å². The Bertz CT molecular complexity index is 1770. The van der Waals surface area contributed by atoms with Crippen LogP contribution in [0.4, 0.5) is 10.8 Å². The average molecular weight is 575 g/mol. The van der Waals surface area contributed by atoms with E-state index in [0.717, 1.165) is 62.4 Å². The highest BCUT2D eigenvalue weighted by molar-refractivity contribution is 7.16. The number of thiazole rings is 1. The van der Waals surface area contributed by atoms with E-state index in [-0.39, 0.29) is 0 Å². The van der Waals surface area contributed by atoms with Crippen LogP contribution in [0.15, 0.2) is 84.9 Å². The highest BCUT2D eigenvalue weighted by Crippen LogP contribution is 2.56. The Hall–Kier alpha value is -4.54. The Morgan fingerprint density at radius 1 is 0.929 bits per heavy atom. The van der Waals surface area contributed by atoms with E-state index < -0.39 is 5.60 Å². The first-order valence-electron chi connectivity index (χ1n) is 14.3. The zero-order valence-electron chi connectivity index (χ0n) is 24.4. The number of anilines is 2. The van der Waals surface area contributed by atoms with Crippen molar-refractivity contribution in [1.29, 1.82) is 5.26 Å². The van der Waals surface area contributed by atoms with Crippen molar-refractivity contribution in [1.82, 2.24) is 4.98 Å². The number of para-hydroxylation sites is 1. The van der Waals surface area contributed by atoms with Gasteiger partial charge in [0, 0.05) is 54.4 Å². The first kappa shape index (κ1) is 27.6. The van der Waals surface area contributed by atoms with Crippen LogP contribution in [-0.2, 0) is 5.60 Å². The summed E-state index contributed by atoms with van der Waals surface area (Å²) in [4.78, 5) is 10.7. The van der Waals surface area contributed by atoms with E-state index in [4.69, 9.17) is 14.5 Å². The third kappa shape index (κ3) is 4.43. The summed E-state index contributed by atoms with van der Waals surface area (Å²) in [6.07, 6.45) is 0.426. The molecular formula is C35H34N4O2S. The summed E-state index contributed by atoms with van der Waals surface area (Å²) in [6.45, 7) is 6.83. The fraction of sp³-hybridized carbons (Fsp3) is 0.257. The fourth-order valence-electron chi connectivity index (χ4n) is 5.95. The Morgan fingerprint density at radius 2 is 1.64 bits per heavy atom.